The van der Waals surface area contributed by atoms with Gasteiger partial charge in [-0.15, -0.1) is 12.4 Å². The van der Waals surface area contributed by atoms with Gasteiger partial charge in [-0.1, -0.05) is 0 Å². The summed E-state index contributed by atoms with van der Waals surface area (Å²) in [4.78, 5) is 33.9. The molecular weight excluding hydrogens is 540 g/mol. The van der Waals surface area contributed by atoms with Gasteiger partial charge < -0.3 is 31.9 Å². The van der Waals surface area contributed by atoms with Crippen molar-refractivity contribution in [1.82, 2.24) is 10.6 Å². The van der Waals surface area contributed by atoms with Crippen molar-refractivity contribution in [3.63, 3.8) is 0 Å². The van der Waals surface area contributed by atoms with Crippen LogP contribution in [0.25, 0.3) is 0 Å². The van der Waals surface area contributed by atoms with E-state index in [2.05, 4.69) is 41.9 Å². The highest BCUT2D eigenvalue weighted by atomic mass is 35.5. The monoisotopic (exact) mass is 578 g/mol. The third-order valence-electron chi connectivity index (χ3n) is 5.55. The zero-order valence-electron chi connectivity index (χ0n) is 23.9. The van der Waals surface area contributed by atoms with Crippen molar-refractivity contribution in [1.29, 1.82) is 0 Å². The maximum absolute atomic E-state index is 12.5. The number of amides is 4. The minimum atomic E-state index is -0.370. The second-order valence-electron chi connectivity index (χ2n) is 8.60. The molecule has 0 unspecified atom stereocenters. The number of hydrogen-bond donors (Lipinski definition) is 6. The molecule has 0 aliphatic rings. The predicted molar refractivity (Wildman–Crippen MR) is 173 cm³/mol. The standard InChI is InChI=1S/C30H38N8O2.ClH/c1-5-31-27(32-6-2)21-9-13-23(14-10-21)35-29(39)37-25-17-19-26(20-18-25)38-30(40)36-24-15-11-22(12-16-24)28(33-7-3)34-8-4;/h9-20H,5-8H2,1-4H3,(H,31,32)(H,33,34)(H2,35,37,39)(H2,36,38,40);1H. The Labute approximate surface area is 247 Å². The van der Waals surface area contributed by atoms with Crippen molar-refractivity contribution in [2.75, 3.05) is 47.4 Å². The Morgan fingerprint density at radius 2 is 0.780 bits per heavy atom. The number of hydrogen-bond acceptors (Lipinski definition) is 4. The molecule has 0 spiro atoms. The summed E-state index contributed by atoms with van der Waals surface area (Å²) in [6.45, 7) is 10.9. The predicted octanol–water partition coefficient (Wildman–Crippen LogP) is 6.15. The van der Waals surface area contributed by atoms with E-state index in [4.69, 9.17) is 0 Å². The number of carbonyl (C=O) groups is 2. The van der Waals surface area contributed by atoms with Crippen LogP contribution in [0.4, 0.5) is 32.3 Å². The molecule has 0 heterocycles. The summed E-state index contributed by atoms with van der Waals surface area (Å²) < 4.78 is 0. The summed E-state index contributed by atoms with van der Waals surface area (Å²) >= 11 is 0. The highest BCUT2D eigenvalue weighted by molar-refractivity contribution is 6.03. The average molecular weight is 579 g/mol. The number of urea groups is 2. The molecule has 6 N–H and O–H groups in total. The van der Waals surface area contributed by atoms with Crippen molar-refractivity contribution >= 4 is 58.9 Å². The van der Waals surface area contributed by atoms with Crippen molar-refractivity contribution in [2.45, 2.75) is 27.7 Å². The maximum atomic E-state index is 12.5. The Hall–Kier alpha value is -4.57. The van der Waals surface area contributed by atoms with E-state index in [-0.39, 0.29) is 24.5 Å². The maximum Gasteiger partial charge on any atom is 0.323 e. The average Bonchev–Trinajstić information content (AvgIpc) is 2.95. The zero-order chi connectivity index (χ0) is 28.7. The molecule has 10 nitrogen and oxygen atoms in total. The molecule has 11 heteroatoms. The molecule has 0 bridgehead atoms. The first-order chi connectivity index (χ1) is 19.4. The van der Waals surface area contributed by atoms with Crippen LogP contribution in [0.1, 0.15) is 38.8 Å². The minimum Gasteiger partial charge on any atom is -0.370 e. The van der Waals surface area contributed by atoms with Crippen LogP contribution in [0.15, 0.2) is 82.8 Å². The fourth-order valence-corrected chi connectivity index (χ4v) is 3.80. The smallest absolute Gasteiger partial charge is 0.323 e. The molecule has 0 aliphatic heterocycles. The van der Waals surface area contributed by atoms with Crippen molar-refractivity contribution in [2.24, 2.45) is 9.98 Å². The number of carbonyl (C=O) groups excluding carboxylic acids is 2. The van der Waals surface area contributed by atoms with Crippen LogP contribution < -0.4 is 31.9 Å². The van der Waals surface area contributed by atoms with Gasteiger partial charge in [0.1, 0.15) is 11.7 Å². The van der Waals surface area contributed by atoms with Crippen molar-refractivity contribution in [3.05, 3.63) is 83.9 Å². The van der Waals surface area contributed by atoms with Crippen LogP contribution in [0.5, 0.6) is 0 Å². The fraction of sp³-hybridized carbons (Fsp3) is 0.267. The lowest BCUT2D eigenvalue weighted by Gasteiger charge is -2.12. The highest BCUT2D eigenvalue weighted by Gasteiger charge is 2.08. The first kappa shape index (κ1) is 32.6. The van der Waals surface area contributed by atoms with E-state index in [0.29, 0.717) is 35.8 Å². The lowest BCUT2D eigenvalue weighted by Crippen LogP contribution is -2.24. The van der Waals surface area contributed by atoms with Crippen LogP contribution in [-0.4, -0.2) is 49.9 Å². The van der Waals surface area contributed by atoms with E-state index in [1.54, 1.807) is 24.3 Å². The minimum absolute atomic E-state index is 0. The molecule has 3 rings (SSSR count). The van der Waals surface area contributed by atoms with Crippen LogP contribution in [0.3, 0.4) is 0 Å². The first-order valence-electron chi connectivity index (χ1n) is 13.5. The first-order valence-corrected chi connectivity index (χ1v) is 13.5. The number of amidine groups is 2. The summed E-state index contributed by atoms with van der Waals surface area (Å²) in [6, 6.07) is 21.1. The third-order valence-corrected chi connectivity index (χ3v) is 5.55. The molecule has 0 atom stereocenters. The third kappa shape index (κ3) is 10.5. The number of nitrogens with zero attached hydrogens (tertiary/aromatic N) is 2. The summed E-state index contributed by atoms with van der Waals surface area (Å²) in [7, 11) is 0. The van der Waals surface area contributed by atoms with E-state index < -0.39 is 0 Å². The lowest BCUT2D eigenvalue weighted by atomic mass is 10.2. The molecule has 0 radical (unpaired) electrons. The van der Waals surface area contributed by atoms with Gasteiger partial charge in [0.15, 0.2) is 0 Å². The van der Waals surface area contributed by atoms with Gasteiger partial charge in [0.2, 0.25) is 0 Å². The molecule has 0 aliphatic carbocycles. The summed E-state index contributed by atoms with van der Waals surface area (Å²) in [6.07, 6.45) is 0. The Kier molecular flexibility index (Phi) is 13.7. The van der Waals surface area contributed by atoms with Crippen molar-refractivity contribution in [3.8, 4) is 0 Å². The van der Waals surface area contributed by atoms with E-state index in [9.17, 15) is 9.59 Å². The Bertz CT molecular complexity index is 1210. The van der Waals surface area contributed by atoms with E-state index in [1.807, 2.05) is 76.2 Å². The number of halogens is 1. The van der Waals surface area contributed by atoms with Gasteiger partial charge in [0.05, 0.1) is 0 Å². The van der Waals surface area contributed by atoms with Crippen LogP contribution in [0, 0.1) is 0 Å². The lowest BCUT2D eigenvalue weighted by molar-refractivity contribution is 0.261. The van der Waals surface area contributed by atoms with Gasteiger partial charge >= 0.3 is 12.1 Å². The van der Waals surface area contributed by atoms with E-state index >= 15 is 0 Å². The van der Waals surface area contributed by atoms with Gasteiger partial charge in [-0.25, -0.2) is 9.59 Å². The number of aliphatic imine (C=N–C) groups is 2. The Morgan fingerprint density at radius 1 is 0.512 bits per heavy atom. The van der Waals surface area contributed by atoms with Gasteiger partial charge in [-0.2, -0.15) is 0 Å². The highest BCUT2D eigenvalue weighted by Crippen LogP contribution is 2.16. The van der Waals surface area contributed by atoms with E-state index in [1.165, 1.54) is 0 Å². The van der Waals surface area contributed by atoms with Gasteiger partial charge in [0.25, 0.3) is 0 Å². The zero-order valence-corrected chi connectivity index (χ0v) is 24.7. The molecule has 0 fully saturated rings. The van der Waals surface area contributed by atoms with E-state index in [0.717, 1.165) is 35.9 Å². The molecule has 3 aromatic carbocycles. The summed E-state index contributed by atoms with van der Waals surface area (Å²) in [5.74, 6) is 1.66. The topological polar surface area (TPSA) is 131 Å². The quantitative estimate of drug-likeness (QED) is 0.127. The normalized spacial score (nSPS) is 11.1. The Balaban J connectivity index is 0.00000588. The second kappa shape index (κ2) is 17.2. The molecule has 4 amide bonds. The summed E-state index contributed by atoms with van der Waals surface area (Å²) in [5.41, 5.74) is 4.41. The largest absolute Gasteiger partial charge is 0.370 e. The summed E-state index contributed by atoms with van der Waals surface area (Å²) in [5, 5.41) is 17.7. The number of benzene rings is 3. The molecule has 0 saturated heterocycles. The molecule has 41 heavy (non-hydrogen) atoms. The van der Waals surface area contributed by atoms with Gasteiger partial charge in [-0.3, -0.25) is 9.98 Å². The van der Waals surface area contributed by atoms with Crippen LogP contribution in [-0.2, 0) is 0 Å². The number of rotatable bonds is 10. The molecule has 0 aromatic heterocycles. The SMILES string of the molecule is CCN=C(NCC)c1ccc(NC(=O)Nc2ccc(NC(=O)Nc3ccc(C(=NCC)NCC)cc3)cc2)cc1.Cl. The molecular formula is C30H39ClN8O2. The number of anilines is 4. The second-order valence-corrected chi connectivity index (χ2v) is 8.60. The Morgan fingerprint density at radius 3 is 1.02 bits per heavy atom. The van der Waals surface area contributed by atoms with Crippen LogP contribution >= 0.6 is 12.4 Å². The van der Waals surface area contributed by atoms with Crippen molar-refractivity contribution < 1.29 is 9.59 Å². The fourth-order valence-electron chi connectivity index (χ4n) is 3.80. The molecule has 218 valence electrons. The van der Waals surface area contributed by atoms with Gasteiger partial charge in [0, 0.05) is 60.1 Å². The number of nitrogens with one attached hydrogen (secondary N) is 6. The van der Waals surface area contributed by atoms with Gasteiger partial charge in [-0.05, 0) is 100 Å². The molecule has 0 saturated carbocycles. The molecule has 3 aromatic rings. The van der Waals surface area contributed by atoms with Crippen LogP contribution in [0.2, 0.25) is 0 Å².